The Balaban J connectivity index is 2.23. The predicted octanol–water partition coefficient (Wildman–Crippen LogP) is 2.67. The summed E-state index contributed by atoms with van der Waals surface area (Å²) < 4.78 is 0. The zero-order valence-electron chi connectivity index (χ0n) is 7.74. The summed E-state index contributed by atoms with van der Waals surface area (Å²) in [4.78, 5) is 0. The Morgan fingerprint density at radius 3 is 2.58 bits per heavy atom. The van der Waals surface area contributed by atoms with E-state index in [1.807, 2.05) is 18.2 Å². The molecule has 0 heterocycles. The number of hydrogen-bond donors (Lipinski definition) is 1. The van der Waals surface area contributed by atoms with Crippen LogP contribution in [-0.4, -0.2) is 11.2 Å². The van der Waals surface area contributed by atoms with Gasteiger partial charge in [-0.15, -0.1) is 0 Å². The molecule has 0 aromatic rings. The molecule has 1 aliphatic rings. The van der Waals surface area contributed by atoms with E-state index in [9.17, 15) is 5.11 Å². The Kier molecular flexibility index (Phi) is 4.09. The van der Waals surface area contributed by atoms with Crippen LogP contribution in [0, 0.1) is 5.92 Å². The fraction of sp³-hybridized carbons (Fsp3) is 0.636. The van der Waals surface area contributed by atoms with Crippen molar-refractivity contribution in [2.45, 2.75) is 38.7 Å². The first kappa shape index (κ1) is 9.53. The summed E-state index contributed by atoms with van der Waals surface area (Å²) in [5, 5.41) is 9.53. The molecule has 1 nitrogen and oxygen atoms in total. The van der Waals surface area contributed by atoms with Crippen LogP contribution >= 0.6 is 0 Å². The Labute approximate surface area is 74.8 Å². The van der Waals surface area contributed by atoms with Gasteiger partial charge in [0.25, 0.3) is 0 Å². The van der Waals surface area contributed by atoms with E-state index in [-0.39, 0.29) is 6.10 Å². The van der Waals surface area contributed by atoms with Crippen molar-refractivity contribution in [2.75, 3.05) is 0 Å². The Morgan fingerprint density at radius 1 is 1.17 bits per heavy atom. The van der Waals surface area contributed by atoms with Gasteiger partial charge in [-0.3, -0.25) is 0 Å². The Morgan fingerprint density at radius 2 is 1.92 bits per heavy atom. The fourth-order valence-electron chi connectivity index (χ4n) is 1.54. The highest BCUT2D eigenvalue weighted by atomic mass is 16.3. The van der Waals surface area contributed by atoms with Crippen molar-refractivity contribution < 1.29 is 5.11 Å². The summed E-state index contributed by atoms with van der Waals surface area (Å²) in [5.74, 6) is 0.363. The summed E-state index contributed by atoms with van der Waals surface area (Å²) in [7, 11) is 0. The second-order valence-corrected chi connectivity index (χ2v) is 3.42. The van der Waals surface area contributed by atoms with E-state index in [2.05, 4.69) is 13.0 Å². The van der Waals surface area contributed by atoms with Gasteiger partial charge in [-0.2, -0.15) is 0 Å². The third-order valence-corrected chi connectivity index (χ3v) is 2.36. The van der Waals surface area contributed by atoms with Crippen molar-refractivity contribution in [2.24, 2.45) is 5.92 Å². The number of unbranched alkanes of at least 4 members (excludes halogenated alkanes) is 2. The largest absolute Gasteiger partial charge is 0.388 e. The van der Waals surface area contributed by atoms with Gasteiger partial charge in [-0.1, -0.05) is 50.5 Å². The van der Waals surface area contributed by atoms with Crippen molar-refractivity contribution in [3.63, 3.8) is 0 Å². The quantitative estimate of drug-likeness (QED) is 0.637. The molecule has 1 aliphatic carbocycles. The highest BCUT2D eigenvalue weighted by Crippen LogP contribution is 2.19. The van der Waals surface area contributed by atoms with Crippen LogP contribution < -0.4 is 0 Å². The molecule has 2 unspecified atom stereocenters. The van der Waals surface area contributed by atoms with Gasteiger partial charge >= 0.3 is 0 Å². The second kappa shape index (κ2) is 5.15. The Hall–Kier alpha value is -0.560. The molecule has 0 fully saturated rings. The number of allylic oxidation sites excluding steroid dienone is 2. The first-order chi connectivity index (χ1) is 5.84. The van der Waals surface area contributed by atoms with Gasteiger partial charge in [-0.25, -0.2) is 0 Å². The van der Waals surface area contributed by atoms with Gasteiger partial charge in [0.15, 0.2) is 0 Å². The van der Waals surface area contributed by atoms with Gasteiger partial charge in [-0.05, 0) is 6.42 Å². The first-order valence-corrected chi connectivity index (χ1v) is 4.87. The minimum absolute atomic E-state index is 0.244. The van der Waals surface area contributed by atoms with Crippen LogP contribution in [-0.2, 0) is 0 Å². The van der Waals surface area contributed by atoms with E-state index in [0.717, 1.165) is 6.42 Å². The maximum atomic E-state index is 9.53. The molecular formula is C11H18O. The lowest BCUT2D eigenvalue weighted by Gasteiger charge is -2.18. The molecule has 1 heteroatoms. The van der Waals surface area contributed by atoms with Gasteiger partial charge in [0.2, 0.25) is 0 Å². The maximum absolute atomic E-state index is 9.53. The monoisotopic (exact) mass is 166 g/mol. The highest BCUT2D eigenvalue weighted by Gasteiger charge is 2.14. The van der Waals surface area contributed by atoms with Crippen molar-refractivity contribution in [3.05, 3.63) is 24.3 Å². The molecule has 2 atom stereocenters. The van der Waals surface area contributed by atoms with E-state index in [1.165, 1.54) is 19.3 Å². The summed E-state index contributed by atoms with van der Waals surface area (Å²) >= 11 is 0. The van der Waals surface area contributed by atoms with Crippen molar-refractivity contribution in [3.8, 4) is 0 Å². The van der Waals surface area contributed by atoms with Crippen LogP contribution in [0.1, 0.15) is 32.6 Å². The highest BCUT2D eigenvalue weighted by molar-refractivity contribution is 5.14. The van der Waals surface area contributed by atoms with Gasteiger partial charge in [0, 0.05) is 5.92 Å². The second-order valence-electron chi connectivity index (χ2n) is 3.42. The van der Waals surface area contributed by atoms with E-state index in [1.54, 1.807) is 0 Å². The molecule has 1 rings (SSSR count). The molecule has 0 saturated carbocycles. The number of rotatable bonds is 4. The SMILES string of the molecule is CCCCCC1C=CC=CC1O. The summed E-state index contributed by atoms with van der Waals surface area (Å²) in [5.41, 5.74) is 0. The van der Waals surface area contributed by atoms with E-state index in [0.29, 0.717) is 5.92 Å². The molecule has 68 valence electrons. The van der Waals surface area contributed by atoms with Crippen LogP contribution in [0.15, 0.2) is 24.3 Å². The normalized spacial score (nSPS) is 27.8. The molecule has 0 saturated heterocycles. The van der Waals surface area contributed by atoms with Crippen LogP contribution in [0.25, 0.3) is 0 Å². The zero-order chi connectivity index (χ0) is 8.81. The topological polar surface area (TPSA) is 20.2 Å². The van der Waals surface area contributed by atoms with Crippen LogP contribution in [0.2, 0.25) is 0 Å². The molecule has 0 spiro atoms. The molecule has 0 radical (unpaired) electrons. The lowest BCUT2D eigenvalue weighted by atomic mass is 9.92. The van der Waals surface area contributed by atoms with Gasteiger partial charge in [0.05, 0.1) is 6.10 Å². The smallest absolute Gasteiger partial charge is 0.0786 e. The first-order valence-electron chi connectivity index (χ1n) is 4.87. The average molecular weight is 166 g/mol. The third kappa shape index (κ3) is 2.82. The zero-order valence-corrected chi connectivity index (χ0v) is 7.74. The van der Waals surface area contributed by atoms with E-state index < -0.39 is 0 Å². The minimum Gasteiger partial charge on any atom is -0.388 e. The molecule has 0 bridgehead atoms. The average Bonchev–Trinajstić information content (AvgIpc) is 2.09. The lowest BCUT2D eigenvalue weighted by Crippen LogP contribution is -2.17. The molecule has 0 aromatic heterocycles. The summed E-state index contributed by atoms with van der Waals surface area (Å²) in [6.45, 7) is 2.20. The summed E-state index contributed by atoms with van der Waals surface area (Å²) in [6.07, 6.45) is 12.6. The van der Waals surface area contributed by atoms with Gasteiger partial charge < -0.3 is 5.11 Å². The molecule has 1 N–H and O–H groups in total. The maximum Gasteiger partial charge on any atom is 0.0786 e. The summed E-state index contributed by atoms with van der Waals surface area (Å²) in [6, 6.07) is 0. The van der Waals surface area contributed by atoms with Crippen LogP contribution in [0.3, 0.4) is 0 Å². The van der Waals surface area contributed by atoms with Gasteiger partial charge in [0.1, 0.15) is 0 Å². The van der Waals surface area contributed by atoms with E-state index in [4.69, 9.17) is 0 Å². The molecule has 0 aliphatic heterocycles. The molecule has 0 aromatic carbocycles. The van der Waals surface area contributed by atoms with Crippen molar-refractivity contribution in [1.82, 2.24) is 0 Å². The van der Waals surface area contributed by atoms with Crippen molar-refractivity contribution in [1.29, 1.82) is 0 Å². The van der Waals surface area contributed by atoms with Crippen molar-refractivity contribution >= 4 is 0 Å². The third-order valence-electron chi connectivity index (χ3n) is 2.36. The minimum atomic E-state index is -0.244. The lowest BCUT2D eigenvalue weighted by molar-refractivity contribution is 0.168. The number of aliphatic hydroxyl groups excluding tert-OH is 1. The van der Waals surface area contributed by atoms with Crippen LogP contribution in [0.5, 0.6) is 0 Å². The number of hydrogen-bond acceptors (Lipinski definition) is 1. The molecule has 12 heavy (non-hydrogen) atoms. The Bertz CT molecular complexity index is 170. The number of aliphatic hydroxyl groups is 1. The predicted molar refractivity (Wildman–Crippen MR) is 51.9 cm³/mol. The molecular weight excluding hydrogens is 148 g/mol. The fourth-order valence-corrected chi connectivity index (χ4v) is 1.54. The van der Waals surface area contributed by atoms with Crippen LogP contribution in [0.4, 0.5) is 0 Å². The molecule has 0 amide bonds. The van der Waals surface area contributed by atoms with E-state index >= 15 is 0 Å². The standard InChI is InChI=1S/C11H18O/c1-2-3-4-7-10-8-5-6-9-11(10)12/h5-6,8-12H,2-4,7H2,1H3.